The zero-order valence-corrected chi connectivity index (χ0v) is 8.16. The molecule has 5 heteroatoms. The SMILES string of the molecule is CN=C(C)N=C(N)N1CCOCC1. The molecule has 74 valence electrons. The first-order valence-corrected chi connectivity index (χ1v) is 4.34. The molecule has 0 radical (unpaired) electrons. The third-order valence-corrected chi connectivity index (χ3v) is 1.94. The highest BCUT2D eigenvalue weighted by Gasteiger charge is 2.11. The summed E-state index contributed by atoms with van der Waals surface area (Å²) in [6.07, 6.45) is 0. The van der Waals surface area contributed by atoms with Crippen LogP contribution in [0.25, 0.3) is 0 Å². The number of hydrogen-bond acceptors (Lipinski definition) is 2. The normalized spacial score (nSPS) is 20.6. The number of morpholine rings is 1. The average molecular weight is 184 g/mol. The molecule has 1 rings (SSSR count). The lowest BCUT2D eigenvalue weighted by Gasteiger charge is -2.27. The maximum atomic E-state index is 5.76. The Morgan fingerprint density at radius 2 is 2.00 bits per heavy atom. The lowest BCUT2D eigenvalue weighted by atomic mass is 10.4. The highest BCUT2D eigenvalue weighted by molar-refractivity contribution is 5.93. The molecule has 1 aliphatic heterocycles. The molecule has 1 aliphatic rings. The summed E-state index contributed by atoms with van der Waals surface area (Å²) in [7, 11) is 1.70. The quantitative estimate of drug-likeness (QED) is 0.414. The van der Waals surface area contributed by atoms with E-state index in [1.807, 2.05) is 11.8 Å². The molecule has 0 aromatic rings. The zero-order chi connectivity index (χ0) is 9.68. The van der Waals surface area contributed by atoms with Crippen LogP contribution < -0.4 is 5.73 Å². The Hall–Kier alpha value is -1.10. The van der Waals surface area contributed by atoms with Gasteiger partial charge >= 0.3 is 0 Å². The van der Waals surface area contributed by atoms with E-state index in [1.165, 1.54) is 0 Å². The number of ether oxygens (including phenoxy) is 1. The number of guanidine groups is 1. The van der Waals surface area contributed by atoms with Gasteiger partial charge in [-0.25, -0.2) is 4.99 Å². The fourth-order valence-electron chi connectivity index (χ4n) is 1.08. The summed E-state index contributed by atoms with van der Waals surface area (Å²) >= 11 is 0. The maximum Gasteiger partial charge on any atom is 0.197 e. The van der Waals surface area contributed by atoms with Gasteiger partial charge in [0.05, 0.1) is 13.2 Å². The molecular weight excluding hydrogens is 168 g/mol. The van der Waals surface area contributed by atoms with Crippen LogP contribution in [0.5, 0.6) is 0 Å². The molecule has 0 saturated carbocycles. The van der Waals surface area contributed by atoms with Crippen molar-refractivity contribution in [1.82, 2.24) is 4.90 Å². The van der Waals surface area contributed by atoms with E-state index >= 15 is 0 Å². The number of aliphatic imine (C=N–C) groups is 2. The number of nitrogens with two attached hydrogens (primary N) is 1. The summed E-state index contributed by atoms with van der Waals surface area (Å²) in [5, 5.41) is 0. The van der Waals surface area contributed by atoms with Crippen LogP contribution in [0.15, 0.2) is 9.98 Å². The zero-order valence-electron chi connectivity index (χ0n) is 8.16. The smallest absolute Gasteiger partial charge is 0.197 e. The number of amidine groups is 1. The van der Waals surface area contributed by atoms with Crippen molar-refractivity contribution in [2.75, 3.05) is 33.4 Å². The monoisotopic (exact) mass is 184 g/mol. The molecule has 0 unspecified atom stereocenters. The summed E-state index contributed by atoms with van der Waals surface area (Å²) in [5.74, 6) is 1.23. The van der Waals surface area contributed by atoms with Crippen LogP contribution in [0.4, 0.5) is 0 Å². The van der Waals surface area contributed by atoms with Gasteiger partial charge in [-0.3, -0.25) is 4.99 Å². The summed E-state index contributed by atoms with van der Waals surface area (Å²) in [4.78, 5) is 10.0. The van der Waals surface area contributed by atoms with Crippen molar-refractivity contribution in [3.05, 3.63) is 0 Å². The largest absolute Gasteiger partial charge is 0.378 e. The molecule has 1 fully saturated rings. The molecule has 0 aromatic carbocycles. The van der Waals surface area contributed by atoms with Crippen molar-refractivity contribution in [3.63, 3.8) is 0 Å². The van der Waals surface area contributed by atoms with Gasteiger partial charge in [-0.2, -0.15) is 0 Å². The van der Waals surface area contributed by atoms with Gasteiger partial charge in [0.25, 0.3) is 0 Å². The van der Waals surface area contributed by atoms with Gasteiger partial charge in [-0.05, 0) is 6.92 Å². The van der Waals surface area contributed by atoms with Gasteiger partial charge in [0.2, 0.25) is 0 Å². The first-order valence-electron chi connectivity index (χ1n) is 4.34. The fraction of sp³-hybridized carbons (Fsp3) is 0.750. The van der Waals surface area contributed by atoms with E-state index in [-0.39, 0.29) is 0 Å². The Morgan fingerprint density at radius 3 is 2.54 bits per heavy atom. The number of rotatable bonds is 0. The predicted molar refractivity (Wildman–Crippen MR) is 53.0 cm³/mol. The van der Waals surface area contributed by atoms with Gasteiger partial charge in [-0.1, -0.05) is 0 Å². The lowest BCUT2D eigenvalue weighted by Crippen LogP contribution is -2.45. The summed E-state index contributed by atoms with van der Waals surface area (Å²) in [6.45, 7) is 4.89. The van der Waals surface area contributed by atoms with Crippen LogP contribution >= 0.6 is 0 Å². The number of nitrogens with zero attached hydrogens (tertiary/aromatic N) is 3. The summed E-state index contributed by atoms with van der Waals surface area (Å²) in [6, 6.07) is 0. The second-order valence-electron chi connectivity index (χ2n) is 2.84. The molecule has 1 saturated heterocycles. The van der Waals surface area contributed by atoms with Crippen molar-refractivity contribution in [3.8, 4) is 0 Å². The minimum Gasteiger partial charge on any atom is -0.378 e. The van der Waals surface area contributed by atoms with E-state index in [9.17, 15) is 0 Å². The molecule has 0 aliphatic carbocycles. The van der Waals surface area contributed by atoms with E-state index < -0.39 is 0 Å². The van der Waals surface area contributed by atoms with Gasteiger partial charge in [-0.15, -0.1) is 0 Å². The van der Waals surface area contributed by atoms with Crippen molar-refractivity contribution < 1.29 is 4.74 Å². The third kappa shape index (κ3) is 3.02. The third-order valence-electron chi connectivity index (χ3n) is 1.94. The Kier molecular flexibility index (Phi) is 3.70. The number of hydrogen-bond donors (Lipinski definition) is 1. The molecule has 0 aromatic heterocycles. The first kappa shape index (κ1) is 9.98. The van der Waals surface area contributed by atoms with E-state index in [4.69, 9.17) is 10.5 Å². The van der Waals surface area contributed by atoms with Crippen molar-refractivity contribution in [2.24, 2.45) is 15.7 Å². The van der Waals surface area contributed by atoms with Gasteiger partial charge in [0.1, 0.15) is 5.84 Å². The molecular formula is C8H16N4O. The summed E-state index contributed by atoms with van der Waals surface area (Å²) in [5.41, 5.74) is 5.76. The van der Waals surface area contributed by atoms with Crippen LogP contribution in [0.2, 0.25) is 0 Å². The highest BCUT2D eigenvalue weighted by atomic mass is 16.5. The molecule has 2 N–H and O–H groups in total. The van der Waals surface area contributed by atoms with Gasteiger partial charge in [0.15, 0.2) is 5.96 Å². The van der Waals surface area contributed by atoms with Crippen molar-refractivity contribution in [1.29, 1.82) is 0 Å². The van der Waals surface area contributed by atoms with Crippen LogP contribution in [-0.4, -0.2) is 50.0 Å². The van der Waals surface area contributed by atoms with E-state index in [2.05, 4.69) is 9.98 Å². The van der Waals surface area contributed by atoms with Crippen LogP contribution in [-0.2, 0) is 4.74 Å². The molecule has 0 amide bonds. The Bertz CT molecular complexity index is 218. The Labute approximate surface area is 78.3 Å². The first-order chi connectivity index (χ1) is 6.24. The second-order valence-corrected chi connectivity index (χ2v) is 2.84. The predicted octanol–water partition coefficient (Wildman–Crippen LogP) is -0.318. The molecule has 0 atom stereocenters. The van der Waals surface area contributed by atoms with Gasteiger partial charge in [0, 0.05) is 20.1 Å². The van der Waals surface area contributed by atoms with Crippen LogP contribution in [0.1, 0.15) is 6.92 Å². The summed E-state index contributed by atoms with van der Waals surface area (Å²) < 4.78 is 5.20. The second kappa shape index (κ2) is 4.81. The topological polar surface area (TPSA) is 63.2 Å². The lowest BCUT2D eigenvalue weighted by molar-refractivity contribution is 0.0676. The van der Waals surface area contributed by atoms with E-state index in [1.54, 1.807) is 7.05 Å². The fourth-order valence-corrected chi connectivity index (χ4v) is 1.08. The molecule has 13 heavy (non-hydrogen) atoms. The van der Waals surface area contributed by atoms with Crippen LogP contribution in [0.3, 0.4) is 0 Å². The Morgan fingerprint density at radius 1 is 1.38 bits per heavy atom. The minimum atomic E-state index is 0.534. The van der Waals surface area contributed by atoms with E-state index in [0.29, 0.717) is 11.8 Å². The molecule has 0 spiro atoms. The van der Waals surface area contributed by atoms with Crippen molar-refractivity contribution >= 4 is 11.8 Å². The maximum absolute atomic E-state index is 5.76. The average Bonchev–Trinajstić information content (AvgIpc) is 2.19. The Balaban J connectivity index is 2.54. The highest BCUT2D eigenvalue weighted by Crippen LogP contribution is 1.96. The van der Waals surface area contributed by atoms with Crippen LogP contribution in [0, 0.1) is 0 Å². The standard InChI is InChI=1S/C8H16N4O/c1-7(10-2)11-8(9)12-3-5-13-6-4-12/h3-6H2,1-2H3,(H2,9,10,11). The minimum absolute atomic E-state index is 0.534. The van der Waals surface area contributed by atoms with Crippen molar-refractivity contribution in [2.45, 2.75) is 6.92 Å². The molecule has 0 bridgehead atoms. The molecule has 5 nitrogen and oxygen atoms in total. The molecule has 1 heterocycles. The van der Waals surface area contributed by atoms with E-state index in [0.717, 1.165) is 26.3 Å². The van der Waals surface area contributed by atoms with Gasteiger partial charge < -0.3 is 15.4 Å².